The van der Waals surface area contributed by atoms with Gasteiger partial charge in [0.05, 0.1) is 29.0 Å². The summed E-state index contributed by atoms with van der Waals surface area (Å²) in [6.45, 7) is 2.06. The minimum absolute atomic E-state index is 0.141. The molecule has 1 aliphatic rings. The van der Waals surface area contributed by atoms with E-state index in [1.165, 1.54) is 18.7 Å². The molecule has 2 aromatic rings. The second-order valence-electron chi connectivity index (χ2n) is 7.02. The van der Waals surface area contributed by atoms with Crippen LogP contribution >= 0.6 is 0 Å². The van der Waals surface area contributed by atoms with Crippen LogP contribution in [0.3, 0.4) is 0 Å². The third-order valence-electron chi connectivity index (χ3n) is 4.68. The van der Waals surface area contributed by atoms with Crippen LogP contribution < -0.4 is 0 Å². The van der Waals surface area contributed by atoms with Gasteiger partial charge in [0.15, 0.2) is 0 Å². The van der Waals surface area contributed by atoms with Crippen molar-refractivity contribution in [1.82, 2.24) is 24.8 Å². The highest BCUT2D eigenvalue weighted by Crippen LogP contribution is 2.27. The molecule has 0 radical (unpaired) electrons. The molecule has 29 heavy (non-hydrogen) atoms. The van der Waals surface area contributed by atoms with Crippen LogP contribution in [0.1, 0.15) is 23.9 Å². The largest absolute Gasteiger partial charge is 0.337 e. The van der Waals surface area contributed by atoms with Crippen molar-refractivity contribution in [2.75, 3.05) is 31.6 Å². The first-order chi connectivity index (χ1) is 13.7. The number of imidazole rings is 1. The van der Waals surface area contributed by atoms with E-state index in [2.05, 4.69) is 24.8 Å². The smallest absolute Gasteiger partial charge is 0.279 e. The second kappa shape index (κ2) is 8.87. The molecule has 0 amide bonds. The van der Waals surface area contributed by atoms with Crippen LogP contribution in [0.25, 0.3) is 17.5 Å². The number of aromatic nitrogens is 4. The molecular formula is C18H22F2N6O2S. The molecule has 1 unspecified atom stereocenters. The molecule has 1 saturated heterocycles. The summed E-state index contributed by atoms with van der Waals surface area (Å²) in [6, 6.07) is 1.85. The van der Waals surface area contributed by atoms with E-state index in [0.717, 1.165) is 31.3 Å². The molecule has 2 aromatic heterocycles. The zero-order valence-electron chi connectivity index (χ0n) is 15.8. The highest BCUT2D eigenvalue weighted by atomic mass is 32.2. The van der Waals surface area contributed by atoms with Gasteiger partial charge in [-0.05, 0) is 31.2 Å². The lowest BCUT2D eigenvalue weighted by Gasteiger charge is -2.15. The van der Waals surface area contributed by atoms with Gasteiger partial charge in [0.1, 0.15) is 22.0 Å². The van der Waals surface area contributed by atoms with Gasteiger partial charge < -0.3 is 9.88 Å². The summed E-state index contributed by atoms with van der Waals surface area (Å²) in [7, 11) is -2.99. The van der Waals surface area contributed by atoms with Gasteiger partial charge in [-0.1, -0.05) is 0 Å². The average molecular weight is 424 g/mol. The maximum Gasteiger partial charge on any atom is 0.279 e. The zero-order chi connectivity index (χ0) is 21.0. The van der Waals surface area contributed by atoms with Crippen molar-refractivity contribution in [3.8, 4) is 11.4 Å². The minimum Gasteiger partial charge on any atom is -0.337 e. The lowest BCUT2D eigenvalue weighted by molar-refractivity contribution is 0.226. The molecule has 1 aliphatic heterocycles. The maximum atomic E-state index is 12.4. The van der Waals surface area contributed by atoms with Crippen LogP contribution in [0.4, 0.5) is 8.78 Å². The first-order valence-corrected chi connectivity index (χ1v) is 11.1. The van der Waals surface area contributed by atoms with Crippen molar-refractivity contribution in [2.24, 2.45) is 0 Å². The summed E-state index contributed by atoms with van der Waals surface area (Å²) in [5, 5.41) is 7.13. The Morgan fingerprint density at radius 1 is 1.41 bits per heavy atom. The highest BCUT2D eigenvalue weighted by molar-refractivity contribution is 7.90. The fourth-order valence-electron chi connectivity index (χ4n) is 3.11. The predicted octanol–water partition coefficient (Wildman–Crippen LogP) is 2.00. The number of hydrogen-bond donors (Lipinski definition) is 2. The molecule has 3 heterocycles. The molecule has 2 N–H and O–H groups in total. The van der Waals surface area contributed by atoms with E-state index >= 15 is 0 Å². The fraction of sp³-hybridized carbons (Fsp3) is 0.444. The average Bonchev–Trinajstić information content (AvgIpc) is 3.33. The van der Waals surface area contributed by atoms with Crippen molar-refractivity contribution in [1.29, 1.82) is 5.41 Å². The SMILES string of the molecule is CS(=O)(=O)CCN1CCC(c2cc(-c3cnc(/C=C\C(=N)C(F)F)[nH]3)ncn2)C1. The van der Waals surface area contributed by atoms with Crippen LogP contribution in [-0.2, 0) is 9.84 Å². The Morgan fingerprint density at radius 2 is 2.21 bits per heavy atom. The summed E-state index contributed by atoms with van der Waals surface area (Å²) in [4.78, 5) is 17.8. The summed E-state index contributed by atoms with van der Waals surface area (Å²) in [6.07, 6.45) is 4.62. The first-order valence-electron chi connectivity index (χ1n) is 9.03. The number of aromatic amines is 1. The van der Waals surface area contributed by atoms with Crippen molar-refractivity contribution < 1.29 is 17.2 Å². The molecular weight excluding hydrogens is 402 g/mol. The summed E-state index contributed by atoms with van der Waals surface area (Å²) >= 11 is 0. The lowest BCUT2D eigenvalue weighted by atomic mass is 10.0. The van der Waals surface area contributed by atoms with Crippen molar-refractivity contribution in [2.45, 2.75) is 18.8 Å². The van der Waals surface area contributed by atoms with E-state index in [-0.39, 0.29) is 11.7 Å². The first kappa shape index (κ1) is 21.2. The number of allylic oxidation sites excluding steroid dienone is 1. The highest BCUT2D eigenvalue weighted by Gasteiger charge is 2.25. The summed E-state index contributed by atoms with van der Waals surface area (Å²) < 4.78 is 47.4. The molecule has 0 aromatic carbocycles. The lowest BCUT2D eigenvalue weighted by Crippen LogP contribution is -2.26. The Morgan fingerprint density at radius 3 is 2.93 bits per heavy atom. The third kappa shape index (κ3) is 5.97. The van der Waals surface area contributed by atoms with Gasteiger partial charge in [-0.2, -0.15) is 0 Å². The van der Waals surface area contributed by atoms with E-state index in [1.54, 1.807) is 6.20 Å². The van der Waals surface area contributed by atoms with Crippen LogP contribution in [0.5, 0.6) is 0 Å². The predicted molar refractivity (Wildman–Crippen MR) is 106 cm³/mol. The number of likely N-dealkylation sites (tertiary alicyclic amines) is 1. The standard InChI is InChI=1S/C18H22F2N6O2S/c1-29(27,28)7-6-26-5-4-12(10-26)14-8-15(24-11-23-14)16-9-22-17(25-16)3-2-13(21)18(19)20/h2-3,8-9,11-12,18,21H,4-7,10H2,1H3,(H,22,25)/b3-2-,21-13?. The van der Waals surface area contributed by atoms with E-state index in [4.69, 9.17) is 5.41 Å². The van der Waals surface area contributed by atoms with Crippen molar-refractivity contribution >= 4 is 21.6 Å². The molecule has 0 spiro atoms. The van der Waals surface area contributed by atoms with Crippen molar-refractivity contribution in [3.63, 3.8) is 0 Å². The number of nitrogens with zero attached hydrogens (tertiary/aromatic N) is 4. The van der Waals surface area contributed by atoms with E-state index < -0.39 is 22.0 Å². The fourth-order valence-corrected chi connectivity index (χ4v) is 3.70. The zero-order valence-corrected chi connectivity index (χ0v) is 16.7. The topological polar surface area (TPSA) is 116 Å². The van der Waals surface area contributed by atoms with Gasteiger partial charge in [0, 0.05) is 31.0 Å². The molecule has 3 rings (SSSR count). The number of hydrogen-bond acceptors (Lipinski definition) is 7. The van der Waals surface area contributed by atoms with E-state index in [1.807, 2.05) is 6.07 Å². The Labute approximate surface area is 167 Å². The van der Waals surface area contributed by atoms with Gasteiger partial charge in [-0.3, -0.25) is 5.41 Å². The molecule has 8 nitrogen and oxygen atoms in total. The number of H-pyrrole nitrogens is 1. The number of sulfone groups is 1. The quantitative estimate of drug-likeness (QED) is 0.626. The van der Waals surface area contributed by atoms with Gasteiger partial charge >= 0.3 is 0 Å². The Balaban J connectivity index is 1.67. The molecule has 11 heteroatoms. The molecule has 0 bridgehead atoms. The van der Waals surface area contributed by atoms with Gasteiger partial charge in [0.25, 0.3) is 6.43 Å². The van der Waals surface area contributed by atoms with E-state index in [9.17, 15) is 17.2 Å². The van der Waals surface area contributed by atoms with Crippen LogP contribution in [0, 0.1) is 5.41 Å². The Kier molecular flexibility index (Phi) is 6.48. The number of nitrogens with one attached hydrogen (secondary N) is 2. The van der Waals surface area contributed by atoms with Gasteiger partial charge in [0.2, 0.25) is 0 Å². The normalized spacial score (nSPS) is 18.1. The molecule has 0 aliphatic carbocycles. The van der Waals surface area contributed by atoms with E-state index in [0.29, 0.717) is 23.8 Å². The van der Waals surface area contributed by atoms with Crippen molar-refractivity contribution in [3.05, 3.63) is 36.2 Å². The minimum atomic E-state index is -2.99. The van der Waals surface area contributed by atoms with Gasteiger partial charge in [-0.15, -0.1) is 0 Å². The summed E-state index contributed by atoms with van der Waals surface area (Å²) in [5.41, 5.74) is 1.32. The number of rotatable bonds is 8. The monoisotopic (exact) mass is 424 g/mol. The summed E-state index contributed by atoms with van der Waals surface area (Å²) in [5.74, 6) is 0.672. The van der Waals surface area contributed by atoms with Crippen LogP contribution in [-0.4, -0.2) is 77.0 Å². The molecule has 1 fully saturated rings. The number of halogens is 2. The molecule has 1 atom stereocenters. The van der Waals surface area contributed by atoms with Crippen LogP contribution in [0.15, 0.2) is 24.7 Å². The molecule has 156 valence electrons. The maximum absolute atomic E-state index is 12.4. The number of alkyl halides is 2. The Hall–Kier alpha value is -2.53. The van der Waals surface area contributed by atoms with Gasteiger partial charge in [-0.25, -0.2) is 32.2 Å². The van der Waals surface area contributed by atoms with Crippen LogP contribution in [0.2, 0.25) is 0 Å². The Bertz CT molecular complexity index is 1010. The third-order valence-corrected chi connectivity index (χ3v) is 5.61. The molecule has 0 saturated carbocycles. The second-order valence-corrected chi connectivity index (χ2v) is 9.28.